The zero-order valence-electron chi connectivity index (χ0n) is 12.8. The van der Waals surface area contributed by atoms with E-state index < -0.39 is 5.97 Å². The van der Waals surface area contributed by atoms with E-state index in [-0.39, 0.29) is 12.3 Å². The van der Waals surface area contributed by atoms with Crippen LogP contribution in [-0.4, -0.2) is 38.3 Å². The number of nitrogens with zero attached hydrogens (tertiary/aromatic N) is 3. The molecule has 1 aromatic carbocycles. The van der Waals surface area contributed by atoms with Gasteiger partial charge in [-0.05, 0) is 37.1 Å². The fourth-order valence-corrected chi connectivity index (χ4v) is 2.18. The molecule has 2 rings (SSSR count). The van der Waals surface area contributed by atoms with Crippen LogP contribution >= 0.6 is 0 Å². The number of benzene rings is 1. The number of amides is 1. The first-order chi connectivity index (χ1) is 11.2. The summed E-state index contributed by atoms with van der Waals surface area (Å²) in [5, 5.41) is 18.9. The molecular weight excluding hydrogens is 296 g/mol. The summed E-state index contributed by atoms with van der Waals surface area (Å²) in [5.74, 6) is -0.862. The van der Waals surface area contributed by atoms with Crippen molar-refractivity contribution in [3.63, 3.8) is 0 Å². The van der Waals surface area contributed by atoms with E-state index in [1.54, 1.807) is 29.4 Å². The number of hydrogen-bond donors (Lipinski definition) is 2. The first-order valence-corrected chi connectivity index (χ1v) is 7.62. The van der Waals surface area contributed by atoms with Crippen LogP contribution < -0.4 is 5.32 Å². The van der Waals surface area contributed by atoms with Gasteiger partial charge in [-0.25, -0.2) is 0 Å². The lowest BCUT2D eigenvalue weighted by atomic mass is 10.1. The Morgan fingerprint density at radius 1 is 1.00 bits per heavy atom. The molecule has 2 aromatic rings. The molecule has 0 radical (unpaired) electrons. The lowest BCUT2D eigenvalue weighted by molar-refractivity contribution is -0.137. The molecule has 0 aliphatic heterocycles. The maximum atomic E-state index is 12.0. The van der Waals surface area contributed by atoms with Crippen molar-refractivity contribution in [3.05, 3.63) is 42.5 Å². The molecule has 1 aromatic heterocycles. The summed E-state index contributed by atoms with van der Waals surface area (Å²) in [4.78, 5) is 22.4. The number of hydrogen-bond acceptors (Lipinski definition) is 4. The standard InChI is InChI=1S/C16H20N4O3/c21-15(22)5-3-1-2-4-10-17-16(23)13-6-8-14(9-7-13)20-11-18-19-12-20/h6-9,11-12H,1-5,10H2,(H,17,23)(H,21,22). The van der Waals surface area contributed by atoms with Crippen molar-refractivity contribution in [1.29, 1.82) is 0 Å². The summed E-state index contributed by atoms with van der Waals surface area (Å²) >= 11 is 0. The fourth-order valence-electron chi connectivity index (χ4n) is 2.18. The number of aliphatic carboxylic acids is 1. The van der Waals surface area contributed by atoms with Gasteiger partial charge in [0, 0.05) is 24.2 Å². The van der Waals surface area contributed by atoms with Crippen molar-refractivity contribution in [2.24, 2.45) is 0 Å². The number of nitrogens with one attached hydrogen (secondary N) is 1. The third-order valence-electron chi connectivity index (χ3n) is 3.45. The van der Waals surface area contributed by atoms with Crippen LogP contribution in [0.15, 0.2) is 36.9 Å². The van der Waals surface area contributed by atoms with Crippen LogP contribution in [-0.2, 0) is 4.79 Å². The van der Waals surface area contributed by atoms with Crippen molar-refractivity contribution in [3.8, 4) is 5.69 Å². The molecule has 1 heterocycles. The van der Waals surface area contributed by atoms with Crippen LogP contribution in [0, 0.1) is 0 Å². The molecule has 0 bridgehead atoms. The minimum Gasteiger partial charge on any atom is -0.481 e. The van der Waals surface area contributed by atoms with Gasteiger partial charge in [-0.2, -0.15) is 0 Å². The van der Waals surface area contributed by atoms with Crippen molar-refractivity contribution >= 4 is 11.9 Å². The predicted octanol–water partition coefficient (Wildman–Crippen LogP) is 2.03. The van der Waals surface area contributed by atoms with Gasteiger partial charge in [0.25, 0.3) is 5.91 Å². The number of carboxylic acids is 1. The van der Waals surface area contributed by atoms with E-state index in [9.17, 15) is 9.59 Å². The van der Waals surface area contributed by atoms with Gasteiger partial charge in [0.2, 0.25) is 0 Å². The van der Waals surface area contributed by atoms with Crippen LogP contribution in [0.1, 0.15) is 42.5 Å². The number of rotatable bonds is 9. The Balaban J connectivity index is 1.68. The number of unbranched alkanes of at least 4 members (excludes halogenated alkanes) is 3. The zero-order valence-corrected chi connectivity index (χ0v) is 12.8. The van der Waals surface area contributed by atoms with E-state index in [1.807, 2.05) is 12.1 Å². The molecule has 0 aliphatic rings. The average molecular weight is 316 g/mol. The number of carbonyl (C=O) groups excluding carboxylic acids is 1. The SMILES string of the molecule is O=C(O)CCCCCCNC(=O)c1ccc(-n2cnnc2)cc1. The molecular formula is C16H20N4O3. The first kappa shape index (κ1) is 16.7. The lowest BCUT2D eigenvalue weighted by Gasteiger charge is -2.06. The quantitative estimate of drug-likeness (QED) is 0.690. The third kappa shape index (κ3) is 5.54. The Hall–Kier alpha value is -2.70. The Morgan fingerprint density at radius 3 is 2.30 bits per heavy atom. The summed E-state index contributed by atoms with van der Waals surface area (Å²) < 4.78 is 1.76. The van der Waals surface area contributed by atoms with Gasteiger partial charge in [-0.15, -0.1) is 10.2 Å². The average Bonchev–Trinajstić information content (AvgIpc) is 3.08. The Morgan fingerprint density at radius 2 is 1.65 bits per heavy atom. The Kier molecular flexibility index (Phi) is 6.28. The second-order valence-electron chi connectivity index (χ2n) is 5.23. The molecule has 1 amide bonds. The van der Waals surface area contributed by atoms with Crippen LogP contribution in [0.5, 0.6) is 0 Å². The Labute approximate surface area is 134 Å². The highest BCUT2D eigenvalue weighted by Crippen LogP contribution is 2.09. The minimum absolute atomic E-state index is 0.106. The van der Waals surface area contributed by atoms with Crippen LogP contribution in [0.4, 0.5) is 0 Å². The van der Waals surface area contributed by atoms with Crippen LogP contribution in [0.3, 0.4) is 0 Å². The number of carboxylic acid groups (broad SMARTS) is 1. The van der Waals surface area contributed by atoms with Gasteiger partial charge < -0.3 is 10.4 Å². The highest BCUT2D eigenvalue weighted by Gasteiger charge is 2.05. The normalized spacial score (nSPS) is 10.4. The van der Waals surface area contributed by atoms with Crippen LogP contribution in [0.2, 0.25) is 0 Å². The summed E-state index contributed by atoms with van der Waals surface area (Å²) in [5.41, 5.74) is 1.50. The molecule has 0 fully saturated rings. The summed E-state index contributed by atoms with van der Waals surface area (Å²) in [6, 6.07) is 7.20. The van der Waals surface area contributed by atoms with E-state index in [4.69, 9.17) is 5.11 Å². The topological polar surface area (TPSA) is 97.1 Å². The summed E-state index contributed by atoms with van der Waals surface area (Å²) in [6.45, 7) is 0.596. The molecule has 0 spiro atoms. The van der Waals surface area contributed by atoms with E-state index in [0.717, 1.165) is 24.9 Å². The molecule has 7 nitrogen and oxygen atoms in total. The van der Waals surface area contributed by atoms with Crippen LogP contribution in [0.25, 0.3) is 5.69 Å². The lowest BCUT2D eigenvalue weighted by Crippen LogP contribution is -2.24. The highest BCUT2D eigenvalue weighted by atomic mass is 16.4. The number of aromatic nitrogens is 3. The van der Waals surface area contributed by atoms with Gasteiger partial charge in [-0.1, -0.05) is 12.8 Å². The van der Waals surface area contributed by atoms with Gasteiger partial charge >= 0.3 is 5.97 Å². The Bertz CT molecular complexity index is 623. The largest absolute Gasteiger partial charge is 0.481 e. The second kappa shape index (κ2) is 8.67. The summed E-state index contributed by atoms with van der Waals surface area (Å²) in [7, 11) is 0. The molecule has 7 heteroatoms. The van der Waals surface area contributed by atoms with Crippen molar-refractivity contribution in [2.45, 2.75) is 32.1 Å². The van der Waals surface area contributed by atoms with Gasteiger partial charge in [-0.3, -0.25) is 14.2 Å². The zero-order chi connectivity index (χ0) is 16.5. The van der Waals surface area contributed by atoms with E-state index in [0.29, 0.717) is 18.5 Å². The molecule has 122 valence electrons. The minimum atomic E-state index is -0.756. The van der Waals surface area contributed by atoms with Gasteiger partial charge in [0.05, 0.1) is 0 Å². The maximum absolute atomic E-state index is 12.0. The van der Waals surface area contributed by atoms with Crippen molar-refractivity contribution in [1.82, 2.24) is 20.1 Å². The van der Waals surface area contributed by atoms with E-state index in [2.05, 4.69) is 15.5 Å². The van der Waals surface area contributed by atoms with E-state index in [1.165, 1.54) is 0 Å². The summed E-state index contributed by atoms with van der Waals surface area (Å²) in [6.07, 6.45) is 6.73. The molecule has 23 heavy (non-hydrogen) atoms. The van der Waals surface area contributed by atoms with Crippen molar-refractivity contribution < 1.29 is 14.7 Å². The molecule has 0 saturated heterocycles. The van der Waals surface area contributed by atoms with Crippen molar-refractivity contribution in [2.75, 3.05) is 6.54 Å². The van der Waals surface area contributed by atoms with Gasteiger partial charge in [0.15, 0.2) is 0 Å². The second-order valence-corrected chi connectivity index (χ2v) is 5.23. The molecule has 0 saturated carbocycles. The third-order valence-corrected chi connectivity index (χ3v) is 3.45. The predicted molar refractivity (Wildman–Crippen MR) is 84.4 cm³/mol. The number of carbonyl (C=O) groups is 2. The molecule has 0 aliphatic carbocycles. The first-order valence-electron chi connectivity index (χ1n) is 7.62. The molecule has 0 atom stereocenters. The highest BCUT2D eigenvalue weighted by molar-refractivity contribution is 5.94. The maximum Gasteiger partial charge on any atom is 0.303 e. The monoisotopic (exact) mass is 316 g/mol. The molecule has 2 N–H and O–H groups in total. The molecule has 0 unspecified atom stereocenters. The van der Waals surface area contributed by atoms with E-state index >= 15 is 0 Å². The van der Waals surface area contributed by atoms with Gasteiger partial charge in [0.1, 0.15) is 12.7 Å². The smallest absolute Gasteiger partial charge is 0.303 e. The fraction of sp³-hybridized carbons (Fsp3) is 0.375.